The van der Waals surface area contributed by atoms with E-state index in [0.29, 0.717) is 25.0 Å². The number of benzene rings is 1. The molecule has 0 aliphatic carbocycles. The highest BCUT2D eigenvalue weighted by molar-refractivity contribution is 5.93. The lowest BCUT2D eigenvalue weighted by molar-refractivity contribution is -0.117. The van der Waals surface area contributed by atoms with Crippen LogP contribution in [-0.2, 0) is 4.79 Å². The van der Waals surface area contributed by atoms with E-state index in [9.17, 15) is 4.79 Å². The maximum Gasteiger partial charge on any atom is 0.238 e. The molecule has 1 aliphatic rings. The van der Waals surface area contributed by atoms with Gasteiger partial charge in [-0.1, -0.05) is 26.0 Å². The van der Waals surface area contributed by atoms with Gasteiger partial charge in [-0.3, -0.25) is 9.69 Å². The summed E-state index contributed by atoms with van der Waals surface area (Å²) in [5, 5.41) is 2.97. The van der Waals surface area contributed by atoms with Crippen LogP contribution >= 0.6 is 0 Å². The van der Waals surface area contributed by atoms with Crippen LogP contribution in [0.4, 0.5) is 5.69 Å². The number of ether oxygens (including phenoxy) is 1. The van der Waals surface area contributed by atoms with Gasteiger partial charge in [0.1, 0.15) is 5.75 Å². The SMILES string of the molecule is CCOc1ccccc1NC(=O)CN1CC(C)CC(C)C1. The Hall–Kier alpha value is -1.55. The minimum atomic E-state index is 0.0310. The molecule has 116 valence electrons. The topological polar surface area (TPSA) is 41.6 Å². The van der Waals surface area contributed by atoms with Crippen molar-refractivity contribution in [2.24, 2.45) is 11.8 Å². The zero-order valence-electron chi connectivity index (χ0n) is 13.3. The normalized spacial score (nSPS) is 22.8. The van der Waals surface area contributed by atoms with Crippen molar-refractivity contribution in [1.29, 1.82) is 0 Å². The molecule has 0 bridgehead atoms. The molecule has 0 aromatic heterocycles. The Bertz CT molecular complexity index is 466. The highest BCUT2D eigenvalue weighted by Crippen LogP contribution is 2.24. The van der Waals surface area contributed by atoms with Gasteiger partial charge < -0.3 is 10.1 Å². The first-order valence-electron chi connectivity index (χ1n) is 7.82. The zero-order valence-corrected chi connectivity index (χ0v) is 13.3. The summed E-state index contributed by atoms with van der Waals surface area (Å²) in [6.45, 7) is 9.50. The van der Waals surface area contributed by atoms with Crippen molar-refractivity contribution in [3.8, 4) is 5.75 Å². The number of nitrogens with zero attached hydrogens (tertiary/aromatic N) is 1. The van der Waals surface area contributed by atoms with E-state index < -0.39 is 0 Å². The van der Waals surface area contributed by atoms with Crippen molar-refractivity contribution in [1.82, 2.24) is 4.90 Å². The van der Waals surface area contributed by atoms with Gasteiger partial charge in [0.2, 0.25) is 5.91 Å². The highest BCUT2D eigenvalue weighted by Gasteiger charge is 2.23. The summed E-state index contributed by atoms with van der Waals surface area (Å²) in [4.78, 5) is 14.5. The van der Waals surface area contributed by atoms with Gasteiger partial charge in [-0.05, 0) is 37.3 Å². The summed E-state index contributed by atoms with van der Waals surface area (Å²) in [6, 6.07) is 7.58. The number of amides is 1. The first-order chi connectivity index (χ1) is 10.1. The lowest BCUT2D eigenvalue weighted by Gasteiger charge is -2.34. The molecular formula is C17H26N2O2. The fourth-order valence-corrected chi connectivity index (χ4v) is 3.17. The molecule has 1 aliphatic heterocycles. The van der Waals surface area contributed by atoms with E-state index in [2.05, 4.69) is 24.1 Å². The maximum atomic E-state index is 12.2. The third kappa shape index (κ3) is 4.74. The van der Waals surface area contributed by atoms with E-state index in [1.54, 1.807) is 0 Å². The second-order valence-corrected chi connectivity index (χ2v) is 6.12. The Labute approximate surface area is 127 Å². The second-order valence-electron chi connectivity index (χ2n) is 6.12. The number of carbonyl (C=O) groups is 1. The molecule has 1 saturated heterocycles. The molecule has 1 aromatic rings. The molecule has 2 atom stereocenters. The van der Waals surface area contributed by atoms with Gasteiger partial charge in [-0.25, -0.2) is 0 Å². The molecule has 1 fully saturated rings. The Kier molecular flexibility index (Phi) is 5.62. The first-order valence-corrected chi connectivity index (χ1v) is 7.82. The maximum absolute atomic E-state index is 12.2. The van der Waals surface area contributed by atoms with Crippen LogP contribution in [0, 0.1) is 11.8 Å². The van der Waals surface area contributed by atoms with E-state index in [1.165, 1.54) is 6.42 Å². The van der Waals surface area contributed by atoms with Crippen LogP contribution in [0.25, 0.3) is 0 Å². The summed E-state index contributed by atoms with van der Waals surface area (Å²) in [5.74, 6) is 2.09. The number of hydrogen-bond donors (Lipinski definition) is 1. The minimum absolute atomic E-state index is 0.0310. The van der Waals surface area contributed by atoms with Crippen molar-refractivity contribution in [2.75, 3.05) is 31.6 Å². The Morgan fingerprint density at radius 1 is 1.29 bits per heavy atom. The molecule has 4 nitrogen and oxygen atoms in total. The molecular weight excluding hydrogens is 264 g/mol. The fourth-order valence-electron chi connectivity index (χ4n) is 3.17. The monoisotopic (exact) mass is 290 g/mol. The largest absolute Gasteiger partial charge is 0.492 e. The van der Waals surface area contributed by atoms with Crippen LogP contribution < -0.4 is 10.1 Å². The van der Waals surface area contributed by atoms with Gasteiger partial charge >= 0.3 is 0 Å². The number of hydrogen-bond acceptors (Lipinski definition) is 3. The summed E-state index contributed by atoms with van der Waals surface area (Å²) in [6.07, 6.45) is 1.26. The van der Waals surface area contributed by atoms with E-state index in [4.69, 9.17) is 4.74 Å². The highest BCUT2D eigenvalue weighted by atomic mass is 16.5. The van der Waals surface area contributed by atoms with Gasteiger partial charge in [0.05, 0.1) is 18.8 Å². The molecule has 1 amide bonds. The summed E-state index contributed by atoms with van der Waals surface area (Å²) in [7, 11) is 0. The van der Waals surface area contributed by atoms with Crippen LogP contribution in [-0.4, -0.2) is 37.0 Å². The van der Waals surface area contributed by atoms with Crippen LogP contribution in [0.1, 0.15) is 27.2 Å². The summed E-state index contributed by atoms with van der Waals surface area (Å²) < 4.78 is 5.53. The predicted molar refractivity (Wildman–Crippen MR) is 85.6 cm³/mol. The van der Waals surface area contributed by atoms with Gasteiger partial charge in [-0.2, -0.15) is 0 Å². The number of rotatable bonds is 5. The van der Waals surface area contributed by atoms with Crippen LogP contribution in [0.15, 0.2) is 24.3 Å². The average molecular weight is 290 g/mol. The van der Waals surface area contributed by atoms with Gasteiger partial charge in [0.15, 0.2) is 0 Å². The number of anilines is 1. The van der Waals surface area contributed by atoms with E-state index in [1.807, 2.05) is 31.2 Å². The molecule has 1 N–H and O–H groups in total. The number of likely N-dealkylation sites (tertiary alicyclic amines) is 1. The molecule has 2 rings (SSSR count). The molecule has 1 aromatic carbocycles. The minimum Gasteiger partial charge on any atom is -0.492 e. The van der Waals surface area contributed by atoms with Crippen molar-refractivity contribution in [3.05, 3.63) is 24.3 Å². The van der Waals surface area contributed by atoms with Gasteiger partial charge in [-0.15, -0.1) is 0 Å². The van der Waals surface area contributed by atoms with Gasteiger partial charge in [0.25, 0.3) is 0 Å². The molecule has 4 heteroatoms. The Morgan fingerprint density at radius 2 is 1.95 bits per heavy atom. The van der Waals surface area contributed by atoms with Crippen molar-refractivity contribution >= 4 is 11.6 Å². The van der Waals surface area contributed by atoms with Crippen LogP contribution in [0.3, 0.4) is 0 Å². The standard InChI is InChI=1S/C17H26N2O2/c1-4-21-16-8-6-5-7-15(16)18-17(20)12-19-10-13(2)9-14(3)11-19/h5-8,13-14H,4,9-12H2,1-3H3,(H,18,20). The molecule has 0 radical (unpaired) electrons. The molecule has 0 saturated carbocycles. The van der Waals surface area contributed by atoms with E-state index in [-0.39, 0.29) is 5.91 Å². The van der Waals surface area contributed by atoms with Crippen LogP contribution in [0.2, 0.25) is 0 Å². The van der Waals surface area contributed by atoms with Crippen molar-refractivity contribution in [3.63, 3.8) is 0 Å². The predicted octanol–water partition coefficient (Wildman–Crippen LogP) is 3.00. The molecule has 1 heterocycles. The molecule has 0 spiro atoms. The lowest BCUT2D eigenvalue weighted by atomic mass is 9.92. The van der Waals surface area contributed by atoms with Gasteiger partial charge in [0, 0.05) is 13.1 Å². The smallest absolute Gasteiger partial charge is 0.238 e. The number of nitrogens with one attached hydrogen (secondary N) is 1. The van der Waals surface area contributed by atoms with Crippen molar-refractivity contribution < 1.29 is 9.53 Å². The summed E-state index contributed by atoms with van der Waals surface area (Å²) >= 11 is 0. The third-order valence-corrected chi connectivity index (χ3v) is 3.77. The van der Waals surface area contributed by atoms with Crippen LogP contribution in [0.5, 0.6) is 5.75 Å². The quantitative estimate of drug-likeness (QED) is 0.906. The summed E-state index contributed by atoms with van der Waals surface area (Å²) in [5.41, 5.74) is 0.752. The first kappa shape index (κ1) is 15.8. The second kappa shape index (κ2) is 7.46. The molecule has 2 unspecified atom stereocenters. The molecule has 21 heavy (non-hydrogen) atoms. The van der Waals surface area contributed by atoms with Crippen molar-refractivity contribution in [2.45, 2.75) is 27.2 Å². The Morgan fingerprint density at radius 3 is 2.62 bits per heavy atom. The third-order valence-electron chi connectivity index (χ3n) is 3.77. The Balaban J connectivity index is 1.92. The van der Waals surface area contributed by atoms with E-state index in [0.717, 1.165) is 24.5 Å². The zero-order chi connectivity index (χ0) is 15.2. The average Bonchev–Trinajstić information content (AvgIpc) is 2.40. The lowest BCUT2D eigenvalue weighted by Crippen LogP contribution is -2.42. The number of carbonyl (C=O) groups excluding carboxylic acids is 1. The van der Waals surface area contributed by atoms with E-state index >= 15 is 0 Å². The number of piperidine rings is 1. The number of para-hydroxylation sites is 2. The fraction of sp³-hybridized carbons (Fsp3) is 0.588.